The lowest BCUT2D eigenvalue weighted by atomic mass is 10.5. The molecule has 0 bridgehead atoms. The van der Waals surface area contributed by atoms with Crippen LogP contribution in [0.5, 0.6) is 0 Å². The first-order chi connectivity index (χ1) is 2.64. The highest BCUT2D eigenvalue weighted by Crippen LogP contribution is 1.85. The second-order valence-corrected chi connectivity index (χ2v) is 3.18. The maximum absolute atomic E-state index is 5.35. The number of allylic oxidation sites excluding steroid dienone is 2. The van der Waals surface area contributed by atoms with Crippen LogP contribution in [0.25, 0.3) is 0 Å². The van der Waals surface area contributed by atoms with Gasteiger partial charge >= 0.3 is 0 Å². The molecule has 0 aliphatic heterocycles. The SMILES string of the molecule is CC(N)=C(C)[SiH3]. The Morgan fingerprint density at radius 1 is 1.50 bits per heavy atom. The molecule has 0 heterocycles. The Morgan fingerprint density at radius 2 is 1.67 bits per heavy atom. The van der Waals surface area contributed by atoms with Gasteiger partial charge in [-0.1, -0.05) is 5.20 Å². The van der Waals surface area contributed by atoms with Crippen LogP contribution < -0.4 is 5.73 Å². The van der Waals surface area contributed by atoms with Crippen molar-refractivity contribution in [1.29, 1.82) is 0 Å². The number of hydrogen-bond acceptors (Lipinski definition) is 1. The molecule has 6 heavy (non-hydrogen) atoms. The molecule has 0 aromatic carbocycles. The molecular weight excluding hydrogens is 90.1 g/mol. The molecule has 0 amide bonds. The van der Waals surface area contributed by atoms with E-state index >= 15 is 0 Å². The average molecular weight is 101 g/mol. The van der Waals surface area contributed by atoms with Gasteiger partial charge in [0.05, 0.1) is 0 Å². The topological polar surface area (TPSA) is 26.0 Å². The van der Waals surface area contributed by atoms with E-state index in [0.717, 1.165) is 15.9 Å². The highest BCUT2D eigenvalue weighted by atomic mass is 28.1. The first kappa shape index (κ1) is 5.76. The van der Waals surface area contributed by atoms with Crippen LogP contribution >= 0.6 is 0 Å². The molecule has 2 heteroatoms. The zero-order valence-electron chi connectivity index (χ0n) is 4.58. The normalized spacial score (nSPS) is 14.3. The van der Waals surface area contributed by atoms with Gasteiger partial charge in [-0.15, -0.1) is 0 Å². The first-order valence-electron chi connectivity index (χ1n) is 2.04. The highest BCUT2D eigenvalue weighted by Gasteiger charge is 1.75. The van der Waals surface area contributed by atoms with Gasteiger partial charge in [0.1, 0.15) is 0 Å². The van der Waals surface area contributed by atoms with E-state index in [1.54, 1.807) is 0 Å². The fourth-order valence-electron chi connectivity index (χ4n) is 0. The van der Waals surface area contributed by atoms with E-state index in [9.17, 15) is 0 Å². The Kier molecular flexibility index (Phi) is 1.94. The van der Waals surface area contributed by atoms with Gasteiger partial charge in [-0.3, -0.25) is 0 Å². The fraction of sp³-hybridized carbons (Fsp3) is 0.500. The lowest BCUT2D eigenvalue weighted by Crippen LogP contribution is -1.93. The Labute approximate surface area is 41.7 Å². The van der Waals surface area contributed by atoms with E-state index in [1.165, 1.54) is 5.20 Å². The van der Waals surface area contributed by atoms with Crippen molar-refractivity contribution in [2.45, 2.75) is 13.8 Å². The van der Waals surface area contributed by atoms with Crippen LogP contribution in [-0.4, -0.2) is 10.2 Å². The van der Waals surface area contributed by atoms with Crippen LogP contribution in [0.4, 0.5) is 0 Å². The van der Waals surface area contributed by atoms with Gasteiger partial charge in [-0.2, -0.15) is 0 Å². The zero-order valence-corrected chi connectivity index (χ0v) is 6.58. The number of rotatable bonds is 0. The summed E-state index contributed by atoms with van der Waals surface area (Å²) in [7, 11) is 1.11. The van der Waals surface area contributed by atoms with E-state index in [-0.39, 0.29) is 0 Å². The summed E-state index contributed by atoms with van der Waals surface area (Å²) in [6.07, 6.45) is 0. The molecule has 0 radical (unpaired) electrons. The van der Waals surface area contributed by atoms with E-state index in [4.69, 9.17) is 5.73 Å². The average Bonchev–Trinajstić information content (AvgIpc) is 1.36. The summed E-state index contributed by atoms with van der Waals surface area (Å²) < 4.78 is 0. The van der Waals surface area contributed by atoms with Crippen molar-refractivity contribution in [3.63, 3.8) is 0 Å². The van der Waals surface area contributed by atoms with Crippen molar-refractivity contribution < 1.29 is 0 Å². The molecular formula is C4H11NSi. The molecule has 0 aromatic rings. The summed E-state index contributed by atoms with van der Waals surface area (Å²) >= 11 is 0. The van der Waals surface area contributed by atoms with Gasteiger partial charge in [0.2, 0.25) is 0 Å². The van der Waals surface area contributed by atoms with Crippen molar-refractivity contribution >= 4 is 10.2 Å². The minimum absolute atomic E-state index is 0.988. The number of nitrogens with two attached hydrogens (primary N) is 1. The van der Waals surface area contributed by atoms with E-state index in [0.29, 0.717) is 0 Å². The van der Waals surface area contributed by atoms with Gasteiger partial charge in [0.25, 0.3) is 0 Å². The maximum atomic E-state index is 5.35. The Bertz CT molecular complexity index is 57.6. The lowest BCUT2D eigenvalue weighted by Gasteiger charge is -1.88. The Hall–Kier alpha value is -0.243. The molecule has 0 saturated heterocycles. The quantitative estimate of drug-likeness (QED) is 0.411. The van der Waals surface area contributed by atoms with Crippen molar-refractivity contribution in [3.05, 3.63) is 10.9 Å². The summed E-state index contributed by atoms with van der Waals surface area (Å²) in [6.45, 7) is 3.99. The Balaban J connectivity index is 3.68. The van der Waals surface area contributed by atoms with Crippen LogP contribution in [-0.2, 0) is 0 Å². The largest absolute Gasteiger partial charge is 0.403 e. The minimum Gasteiger partial charge on any atom is -0.403 e. The molecule has 0 atom stereocenters. The zero-order chi connectivity index (χ0) is 5.15. The predicted molar refractivity (Wildman–Crippen MR) is 32.5 cm³/mol. The molecule has 0 aliphatic carbocycles. The van der Waals surface area contributed by atoms with Crippen LogP contribution in [0, 0.1) is 0 Å². The molecule has 0 aliphatic rings. The maximum Gasteiger partial charge on any atom is 0.0351 e. The van der Waals surface area contributed by atoms with E-state index in [1.807, 2.05) is 6.92 Å². The molecule has 36 valence electrons. The van der Waals surface area contributed by atoms with Crippen molar-refractivity contribution in [3.8, 4) is 0 Å². The van der Waals surface area contributed by atoms with E-state index in [2.05, 4.69) is 6.92 Å². The summed E-state index contributed by atoms with van der Waals surface area (Å²) in [5, 5.41) is 1.34. The fourth-order valence-corrected chi connectivity index (χ4v) is 0. The molecule has 0 aromatic heterocycles. The highest BCUT2D eigenvalue weighted by molar-refractivity contribution is 6.21. The van der Waals surface area contributed by atoms with Gasteiger partial charge in [-0.05, 0) is 19.5 Å². The minimum atomic E-state index is 0.988. The summed E-state index contributed by atoms with van der Waals surface area (Å²) in [4.78, 5) is 0. The van der Waals surface area contributed by atoms with Gasteiger partial charge < -0.3 is 5.73 Å². The molecule has 0 unspecified atom stereocenters. The monoisotopic (exact) mass is 101 g/mol. The Morgan fingerprint density at radius 3 is 1.67 bits per heavy atom. The van der Waals surface area contributed by atoms with Crippen LogP contribution in [0.15, 0.2) is 10.9 Å². The predicted octanol–water partition coefficient (Wildman–Crippen LogP) is -0.438. The third-order valence-corrected chi connectivity index (χ3v) is 1.58. The first-order valence-corrected chi connectivity index (χ1v) is 3.04. The van der Waals surface area contributed by atoms with Crippen molar-refractivity contribution in [1.82, 2.24) is 0 Å². The second-order valence-electron chi connectivity index (χ2n) is 1.68. The van der Waals surface area contributed by atoms with Gasteiger partial charge in [0.15, 0.2) is 0 Å². The number of hydrogen-bond donors (Lipinski definition) is 1. The second kappa shape index (κ2) is 2.03. The lowest BCUT2D eigenvalue weighted by molar-refractivity contribution is 1.27. The molecule has 2 N–H and O–H groups in total. The van der Waals surface area contributed by atoms with Crippen molar-refractivity contribution in [2.75, 3.05) is 0 Å². The van der Waals surface area contributed by atoms with Crippen molar-refractivity contribution in [2.24, 2.45) is 5.73 Å². The smallest absolute Gasteiger partial charge is 0.0351 e. The summed E-state index contributed by atoms with van der Waals surface area (Å²) in [5.41, 5.74) is 6.34. The standard InChI is InChI=1S/C4H11NSi/c1-3(5)4(2)6/h5H2,1-2,6H3. The van der Waals surface area contributed by atoms with Crippen LogP contribution in [0.1, 0.15) is 13.8 Å². The van der Waals surface area contributed by atoms with Crippen LogP contribution in [0.3, 0.4) is 0 Å². The molecule has 0 rings (SSSR count). The summed E-state index contributed by atoms with van der Waals surface area (Å²) in [6, 6.07) is 0. The molecule has 1 nitrogen and oxygen atoms in total. The third-order valence-electron chi connectivity index (χ3n) is 0.789. The van der Waals surface area contributed by atoms with Crippen LogP contribution in [0.2, 0.25) is 0 Å². The molecule has 0 spiro atoms. The molecule has 0 saturated carbocycles. The van der Waals surface area contributed by atoms with Gasteiger partial charge in [-0.25, -0.2) is 0 Å². The molecule has 0 fully saturated rings. The third kappa shape index (κ3) is 2.02. The van der Waals surface area contributed by atoms with E-state index < -0.39 is 0 Å². The summed E-state index contributed by atoms with van der Waals surface area (Å²) in [5.74, 6) is 0. The van der Waals surface area contributed by atoms with Gasteiger partial charge in [0, 0.05) is 10.2 Å².